The zero-order valence-corrected chi connectivity index (χ0v) is 13.0. The zero-order chi connectivity index (χ0) is 14.7. The molecule has 0 aromatic rings. The maximum absolute atomic E-state index is 11.9. The van der Waals surface area contributed by atoms with Crippen molar-refractivity contribution in [1.29, 1.82) is 5.26 Å². The van der Waals surface area contributed by atoms with Crippen LogP contribution in [0, 0.1) is 11.3 Å². The lowest BCUT2D eigenvalue weighted by Crippen LogP contribution is -2.36. The highest BCUT2D eigenvalue weighted by Gasteiger charge is 2.13. The SMILES string of the molecule is CCCCCN(CCC(=O)N(C)CCC#N)C(C)C. The first-order valence-corrected chi connectivity index (χ1v) is 7.37. The number of rotatable bonds is 10. The number of carbonyl (C=O) groups is 1. The second-order valence-electron chi connectivity index (χ2n) is 5.31. The van der Waals surface area contributed by atoms with E-state index in [0.717, 1.165) is 13.1 Å². The van der Waals surface area contributed by atoms with Gasteiger partial charge in [0.05, 0.1) is 12.5 Å². The molecule has 0 aliphatic rings. The molecule has 0 atom stereocenters. The topological polar surface area (TPSA) is 47.3 Å². The fourth-order valence-corrected chi connectivity index (χ4v) is 1.97. The molecule has 0 bridgehead atoms. The van der Waals surface area contributed by atoms with Gasteiger partial charge in [-0.15, -0.1) is 0 Å². The van der Waals surface area contributed by atoms with Crippen molar-refractivity contribution in [2.75, 3.05) is 26.7 Å². The lowest BCUT2D eigenvalue weighted by atomic mass is 10.2. The normalized spacial score (nSPS) is 10.8. The largest absolute Gasteiger partial charge is 0.345 e. The molecule has 0 saturated heterocycles. The third-order valence-electron chi connectivity index (χ3n) is 3.38. The molecule has 0 heterocycles. The van der Waals surface area contributed by atoms with Crippen LogP contribution >= 0.6 is 0 Å². The first kappa shape index (κ1) is 17.9. The monoisotopic (exact) mass is 267 g/mol. The number of hydrogen-bond acceptors (Lipinski definition) is 3. The molecule has 0 saturated carbocycles. The van der Waals surface area contributed by atoms with E-state index >= 15 is 0 Å². The van der Waals surface area contributed by atoms with Crippen molar-refractivity contribution in [3.05, 3.63) is 0 Å². The zero-order valence-electron chi connectivity index (χ0n) is 13.0. The average molecular weight is 267 g/mol. The van der Waals surface area contributed by atoms with Gasteiger partial charge in [-0.2, -0.15) is 5.26 Å². The minimum absolute atomic E-state index is 0.136. The summed E-state index contributed by atoms with van der Waals surface area (Å²) < 4.78 is 0. The van der Waals surface area contributed by atoms with Crippen LogP contribution in [0.1, 0.15) is 52.9 Å². The summed E-state index contributed by atoms with van der Waals surface area (Å²) in [6.45, 7) is 8.98. The average Bonchev–Trinajstić information content (AvgIpc) is 2.39. The van der Waals surface area contributed by atoms with E-state index in [4.69, 9.17) is 5.26 Å². The van der Waals surface area contributed by atoms with Gasteiger partial charge in [0.15, 0.2) is 0 Å². The molecular weight excluding hydrogens is 238 g/mol. The van der Waals surface area contributed by atoms with Crippen LogP contribution in [0.3, 0.4) is 0 Å². The Labute approximate surface area is 118 Å². The summed E-state index contributed by atoms with van der Waals surface area (Å²) in [5, 5.41) is 8.51. The molecular formula is C15H29N3O. The smallest absolute Gasteiger partial charge is 0.223 e. The third kappa shape index (κ3) is 8.61. The Balaban J connectivity index is 4.02. The van der Waals surface area contributed by atoms with Gasteiger partial charge in [-0.1, -0.05) is 19.8 Å². The van der Waals surface area contributed by atoms with Crippen molar-refractivity contribution < 1.29 is 4.79 Å². The predicted octanol–water partition coefficient (Wildman–Crippen LogP) is 2.65. The fourth-order valence-electron chi connectivity index (χ4n) is 1.97. The second kappa shape index (κ2) is 10.8. The lowest BCUT2D eigenvalue weighted by molar-refractivity contribution is -0.130. The van der Waals surface area contributed by atoms with Gasteiger partial charge in [0.2, 0.25) is 5.91 Å². The van der Waals surface area contributed by atoms with E-state index < -0.39 is 0 Å². The van der Waals surface area contributed by atoms with E-state index in [-0.39, 0.29) is 5.91 Å². The maximum atomic E-state index is 11.9. The quantitative estimate of drug-likeness (QED) is 0.572. The Bertz CT molecular complexity index is 284. The van der Waals surface area contributed by atoms with Gasteiger partial charge < -0.3 is 9.80 Å². The fraction of sp³-hybridized carbons (Fsp3) is 0.867. The highest BCUT2D eigenvalue weighted by molar-refractivity contribution is 5.76. The lowest BCUT2D eigenvalue weighted by Gasteiger charge is -2.27. The highest BCUT2D eigenvalue weighted by Crippen LogP contribution is 2.05. The summed E-state index contributed by atoms with van der Waals surface area (Å²) in [5.41, 5.74) is 0. The molecule has 0 rings (SSSR count). The minimum Gasteiger partial charge on any atom is -0.345 e. The summed E-state index contributed by atoms with van der Waals surface area (Å²) in [4.78, 5) is 15.9. The minimum atomic E-state index is 0.136. The van der Waals surface area contributed by atoms with Gasteiger partial charge in [0, 0.05) is 32.6 Å². The van der Waals surface area contributed by atoms with Gasteiger partial charge >= 0.3 is 0 Å². The Morgan fingerprint density at radius 3 is 2.42 bits per heavy atom. The number of amides is 1. The first-order chi connectivity index (χ1) is 9.02. The van der Waals surface area contributed by atoms with Gasteiger partial charge in [0.25, 0.3) is 0 Å². The molecule has 19 heavy (non-hydrogen) atoms. The Kier molecular flexibility index (Phi) is 10.2. The molecule has 110 valence electrons. The molecule has 0 fully saturated rings. The molecule has 0 aliphatic heterocycles. The van der Waals surface area contributed by atoms with Crippen LogP contribution < -0.4 is 0 Å². The number of nitriles is 1. The third-order valence-corrected chi connectivity index (χ3v) is 3.38. The van der Waals surface area contributed by atoms with Crippen LogP contribution in [0.25, 0.3) is 0 Å². The number of hydrogen-bond donors (Lipinski definition) is 0. The van der Waals surface area contributed by atoms with Crippen molar-refractivity contribution in [2.45, 2.75) is 58.9 Å². The standard InChI is InChI=1S/C15H29N3O/c1-5-6-7-12-18(14(2)3)13-9-15(19)17(4)11-8-10-16/h14H,5-9,11-13H2,1-4H3. The molecule has 0 radical (unpaired) electrons. The van der Waals surface area contributed by atoms with E-state index in [1.54, 1.807) is 11.9 Å². The molecule has 0 N–H and O–H groups in total. The number of nitrogens with zero attached hydrogens (tertiary/aromatic N) is 3. The molecule has 1 amide bonds. The summed E-state index contributed by atoms with van der Waals surface area (Å²) in [5.74, 6) is 0.136. The van der Waals surface area contributed by atoms with Gasteiger partial charge in [-0.25, -0.2) is 0 Å². The maximum Gasteiger partial charge on any atom is 0.223 e. The van der Waals surface area contributed by atoms with Crippen LogP contribution in [-0.2, 0) is 4.79 Å². The number of unbranched alkanes of at least 4 members (excludes halogenated alkanes) is 2. The van der Waals surface area contributed by atoms with Gasteiger partial charge in [-0.05, 0) is 26.8 Å². The molecule has 0 spiro atoms. The Hall–Kier alpha value is -1.08. The van der Waals surface area contributed by atoms with Crippen molar-refractivity contribution in [3.63, 3.8) is 0 Å². The van der Waals surface area contributed by atoms with Crippen LogP contribution in [0.4, 0.5) is 0 Å². The van der Waals surface area contributed by atoms with E-state index in [1.807, 2.05) is 0 Å². The van der Waals surface area contributed by atoms with E-state index in [1.165, 1.54) is 19.3 Å². The van der Waals surface area contributed by atoms with Crippen LogP contribution in [0.5, 0.6) is 0 Å². The summed E-state index contributed by atoms with van der Waals surface area (Å²) in [6.07, 6.45) is 4.63. The molecule has 0 aliphatic carbocycles. The van der Waals surface area contributed by atoms with Crippen molar-refractivity contribution >= 4 is 5.91 Å². The first-order valence-electron chi connectivity index (χ1n) is 7.37. The van der Waals surface area contributed by atoms with E-state index in [2.05, 4.69) is 31.7 Å². The van der Waals surface area contributed by atoms with E-state index in [9.17, 15) is 4.79 Å². The van der Waals surface area contributed by atoms with Crippen LogP contribution in [0.2, 0.25) is 0 Å². The summed E-state index contributed by atoms with van der Waals surface area (Å²) >= 11 is 0. The van der Waals surface area contributed by atoms with Gasteiger partial charge in [0.1, 0.15) is 0 Å². The molecule has 0 aromatic carbocycles. The second-order valence-corrected chi connectivity index (χ2v) is 5.31. The van der Waals surface area contributed by atoms with E-state index in [0.29, 0.717) is 25.4 Å². The highest BCUT2D eigenvalue weighted by atomic mass is 16.2. The molecule has 0 aromatic heterocycles. The van der Waals surface area contributed by atoms with Gasteiger partial charge in [-0.3, -0.25) is 4.79 Å². The Morgan fingerprint density at radius 1 is 1.21 bits per heavy atom. The van der Waals surface area contributed by atoms with Crippen LogP contribution in [-0.4, -0.2) is 48.4 Å². The molecule has 0 unspecified atom stereocenters. The molecule has 4 heteroatoms. The van der Waals surface area contributed by atoms with Crippen molar-refractivity contribution in [1.82, 2.24) is 9.80 Å². The van der Waals surface area contributed by atoms with Crippen molar-refractivity contribution in [2.24, 2.45) is 0 Å². The number of carbonyl (C=O) groups excluding carboxylic acids is 1. The summed E-state index contributed by atoms with van der Waals surface area (Å²) in [6, 6.07) is 2.55. The van der Waals surface area contributed by atoms with Crippen molar-refractivity contribution in [3.8, 4) is 6.07 Å². The van der Waals surface area contributed by atoms with Crippen LogP contribution in [0.15, 0.2) is 0 Å². The predicted molar refractivity (Wildman–Crippen MR) is 78.7 cm³/mol. The summed E-state index contributed by atoms with van der Waals surface area (Å²) in [7, 11) is 1.77. The Morgan fingerprint density at radius 2 is 1.89 bits per heavy atom. The molecule has 4 nitrogen and oxygen atoms in total.